The Bertz CT molecular complexity index is 122. The Labute approximate surface area is 67.2 Å². The Kier molecular flexibility index (Phi) is 5.70. The van der Waals surface area contributed by atoms with Crippen molar-refractivity contribution in [2.45, 2.75) is 12.8 Å². The average molecular weight is 183 g/mol. The first kappa shape index (κ1) is 9.96. The van der Waals surface area contributed by atoms with E-state index < -0.39 is 11.4 Å². The molecule has 3 N–H and O–H groups in total. The molecule has 0 aliphatic heterocycles. The van der Waals surface area contributed by atoms with Crippen LogP contribution in [0.1, 0.15) is 12.8 Å². The van der Waals surface area contributed by atoms with Gasteiger partial charge >= 0.3 is 11.4 Å². The molecule has 0 rings (SSSR count). The number of thiocarbonyl (C=S) groups is 1. The predicted molar refractivity (Wildman–Crippen MR) is 42.7 cm³/mol. The third-order valence-corrected chi connectivity index (χ3v) is 1.32. The lowest BCUT2D eigenvalue weighted by Crippen LogP contribution is -2.09. The SMILES string of the molecule is NC(=S)CCCOS(=O)O. The Balaban J connectivity index is 3.06. The van der Waals surface area contributed by atoms with Gasteiger partial charge in [0.1, 0.15) is 0 Å². The molecule has 0 aromatic rings. The Morgan fingerprint density at radius 3 is 2.80 bits per heavy atom. The van der Waals surface area contributed by atoms with Crippen molar-refractivity contribution in [2.24, 2.45) is 5.73 Å². The molecule has 0 saturated heterocycles. The largest absolute Gasteiger partial charge is 0.393 e. The van der Waals surface area contributed by atoms with Crippen LogP contribution in [0.4, 0.5) is 0 Å². The van der Waals surface area contributed by atoms with Crippen LogP contribution >= 0.6 is 12.2 Å². The second-order valence-electron chi connectivity index (χ2n) is 1.61. The van der Waals surface area contributed by atoms with Crippen molar-refractivity contribution in [2.75, 3.05) is 6.61 Å². The van der Waals surface area contributed by atoms with Gasteiger partial charge in [-0.15, -0.1) is 0 Å². The van der Waals surface area contributed by atoms with Crippen LogP contribution in [0.5, 0.6) is 0 Å². The van der Waals surface area contributed by atoms with Gasteiger partial charge in [0, 0.05) is 0 Å². The Morgan fingerprint density at radius 2 is 2.40 bits per heavy atom. The highest BCUT2D eigenvalue weighted by molar-refractivity contribution is 7.80. The lowest BCUT2D eigenvalue weighted by atomic mass is 10.3. The molecule has 6 heteroatoms. The van der Waals surface area contributed by atoms with Gasteiger partial charge in [0.15, 0.2) is 0 Å². The molecule has 4 nitrogen and oxygen atoms in total. The van der Waals surface area contributed by atoms with E-state index in [0.29, 0.717) is 17.8 Å². The molecule has 0 aromatic carbocycles. The molecule has 0 saturated carbocycles. The maximum Gasteiger partial charge on any atom is 0.301 e. The fraction of sp³-hybridized carbons (Fsp3) is 0.750. The van der Waals surface area contributed by atoms with E-state index >= 15 is 0 Å². The fourth-order valence-corrected chi connectivity index (χ4v) is 0.781. The van der Waals surface area contributed by atoms with E-state index in [1.165, 1.54) is 0 Å². The van der Waals surface area contributed by atoms with E-state index in [1.807, 2.05) is 0 Å². The first-order valence-corrected chi connectivity index (χ1v) is 4.09. The molecule has 1 atom stereocenters. The Hall–Kier alpha value is -0.0400. The summed E-state index contributed by atoms with van der Waals surface area (Å²) in [6.45, 7) is 0.209. The van der Waals surface area contributed by atoms with Crippen molar-refractivity contribution in [3.05, 3.63) is 0 Å². The second-order valence-corrected chi connectivity index (χ2v) is 2.80. The molecule has 0 spiro atoms. The zero-order valence-corrected chi connectivity index (χ0v) is 6.91. The highest BCUT2D eigenvalue weighted by Crippen LogP contribution is 1.90. The van der Waals surface area contributed by atoms with Crippen molar-refractivity contribution in [1.29, 1.82) is 0 Å². The molecule has 1 unspecified atom stereocenters. The number of hydrogen-bond acceptors (Lipinski definition) is 3. The van der Waals surface area contributed by atoms with Gasteiger partial charge in [0.05, 0.1) is 11.6 Å². The van der Waals surface area contributed by atoms with Crippen LogP contribution in [0, 0.1) is 0 Å². The molecule has 0 aliphatic carbocycles. The lowest BCUT2D eigenvalue weighted by Gasteiger charge is -1.96. The van der Waals surface area contributed by atoms with Gasteiger partial charge in [-0.1, -0.05) is 12.2 Å². The molecule has 0 aromatic heterocycles. The zero-order valence-electron chi connectivity index (χ0n) is 5.28. The first-order valence-electron chi connectivity index (χ1n) is 2.65. The molecule has 0 fully saturated rings. The predicted octanol–water partition coefficient (Wildman–Crippen LogP) is 0.206. The van der Waals surface area contributed by atoms with Crippen LogP contribution in [0.2, 0.25) is 0 Å². The maximum absolute atomic E-state index is 9.87. The van der Waals surface area contributed by atoms with Crippen LogP contribution in [0.15, 0.2) is 0 Å². The molecular formula is C4H9NO3S2. The van der Waals surface area contributed by atoms with Gasteiger partial charge in [0.25, 0.3) is 0 Å². The molecule has 0 heterocycles. The number of nitrogens with two attached hydrogens (primary N) is 1. The summed E-state index contributed by atoms with van der Waals surface area (Å²) in [4.78, 5) is 0.396. The summed E-state index contributed by atoms with van der Waals surface area (Å²) < 4.78 is 22.3. The van der Waals surface area contributed by atoms with Gasteiger partial charge in [0.2, 0.25) is 0 Å². The third-order valence-electron chi connectivity index (χ3n) is 0.752. The summed E-state index contributed by atoms with van der Waals surface area (Å²) in [5.41, 5.74) is 5.15. The van der Waals surface area contributed by atoms with E-state index in [4.69, 9.17) is 10.3 Å². The monoisotopic (exact) mass is 183 g/mol. The summed E-state index contributed by atoms with van der Waals surface area (Å²) in [7, 11) is 0. The normalized spacial score (nSPS) is 12.9. The van der Waals surface area contributed by atoms with Crippen LogP contribution in [-0.2, 0) is 15.5 Å². The van der Waals surface area contributed by atoms with Gasteiger partial charge in [-0.3, -0.25) is 8.74 Å². The van der Waals surface area contributed by atoms with Gasteiger partial charge in [-0.25, -0.2) is 0 Å². The summed E-state index contributed by atoms with van der Waals surface area (Å²) in [5, 5.41) is 0. The molecule has 10 heavy (non-hydrogen) atoms. The van der Waals surface area contributed by atoms with E-state index in [2.05, 4.69) is 16.4 Å². The minimum Gasteiger partial charge on any atom is -0.393 e. The van der Waals surface area contributed by atoms with Crippen molar-refractivity contribution >= 4 is 28.6 Å². The van der Waals surface area contributed by atoms with Gasteiger partial charge in [-0.05, 0) is 12.8 Å². The topological polar surface area (TPSA) is 72.5 Å². The Morgan fingerprint density at radius 1 is 1.80 bits per heavy atom. The summed E-state index contributed by atoms with van der Waals surface area (Å²) in [6.07, 6.45) is 1.13. The molecule has 0 aliphatic rings. The zero-order chi connectivity index (χ0) is 7.98. The second kappa shape index (κ2) is 5.72. The van der Waals surface area contributed by atoms with Crippen molar-refractivity contribution in [1.82, 2.24) is 0 Å². The van der Waals surface area contributed by atoms with E-state index in [1.54, 1.807) is 0 Å². The van der Waals surface area contributed by atoms with Crippen molar-refractivity contribution in [3.63, 3.8) is 0 Å². The van der Waals surface area contributed by atoms with Crippen LogP contribution < -0.4 is 5.73 Å². The van der Waals surface area contributed by atoms with Crippen LogP contribution in [0.25, 0.3) is 0 Å². The molecular weight excluding hydrogens is 174 g/mol. The molecule has 0 amide bonds. The maximum atomic E-state index is 9.87. The summed E-state index contributed by atoms with van der Waals surface area (Å²) >= 11 is 2.39. The number of hydrogen-bond donors (Lipinski definition) is 2. The number of rotatable bonds is 5. The van der Waals surface area contributed by atoms with Crippen LogP contribution in [0.3, 0.4) is 0 Å². The van der Waals surface area contributed by atoms with E-state index in [0.717, 1.165) is 0 Å². The highest BCUT2D eigenvalue weighted by Gasteiger charge is 1.93. The summed E-state index contributed by atoms with van der Waals surface area (Å²) in [5.74, 6) is 0. The highest BCUT2D eigenvalue weighted by atomic mass is 32.2. The van der Waals surface area contributed by atoms with E-state index in [9.17, 15) is 4.21 Å². The first-order chi connectivity index (χ1) is 4.63. The minimum absolute atomic E-state index is 0.209. The lowest BCUT2D eigenvalue weighted by molar-refractivity contribution is 0.304. The quantitative estimate of drug-likeness (QED) is 0.362. The standard InChI is InChI=1S/C4H9NO3S2/c5-4(9)2-1-3-8-10(6)7/h1-3H2,(H2,5,9)(H,6,7). The fourth-order valence-electron chi connectivity index (χ4n) is 0.377. The third kappa shape index (κ3) is 7.96. The average Bonchev–Trinajstić information content (AvgIpc) is 1.79. The molecule has 60 valence electrons. The smallest absolute Gasteiger partial charge is 0.301 e. The molecule has 0 bridgehead atoms. The minimum atomic E-state index is -2.16. The van der Waals surface area contributed by atoms with Gasteiger partial charge in [-0.2, -0.15) is 4.21 Å². The van der Waals surface area contributed by atoms with Crippen LogP contribution in [-0.4, -0.2) is 20.4 Å². The van der Waals surface area contributed by atoms with Crippen molar-refractivity contribution in [3.8, 4) is 0 Å². The van der Waals surface area contributed by atoms with Crippen molar-refractivity contribution < 1.29 is 12.9 Å². The van der Waals surface area contributed by atoms with Gasteiger partial charge < -0.3 is 5.73 Å². The molecule has 0 radical (unpaired) electrons. The summed E-state index contributed by atoms with van der Waals surface area (Å²) in [6, 6.07) is 0. The van der Waals surface area contributed by atoms with E-state index in [-0.39, 0.29) is 6.61 Å².